The van der Waals surface area contributed by atoms with Gasteiger partial charge in [0, 0.05) is 32.1 Å². The van der Waals surface area contributed by atoms with Crippen molar-refractivity contribution in [2.75, 3.05) is 13.7 Å². The lowest BCUT2D eigenvalue weighted by Crippen LogP contribution is -2.47. The van der Waals surface area contributed by atoms with Gasteiger partial charge in [-0.25, -0.2) is 0 Å². The van der Waals surface area contributed by atoms with Gasteiger partial charge in [-0.15, -0.1) is 0 Å². The summed E-state index contributed by atoms with van der Waals surface area (Å²) in [5.74, 6) is -0.301. The predicted octanol–water partition coefficient (Wildman–Crippen LogP) is 0.642. The van der Waals surface area contributed by atoms with Crippen LogP contribution in [0.4, 0.5) is 0 Å². The van der Waals surface area contributed by atoms with Crippen LogP contribution in [0.3, 0.4) is 0 Å². The van der Waals surface area contributed by atoms with Crippen molar-refractivity contribution in [2.24, 2.45) is 7.05 Å². The maximum absolute atomic E-state index is 11.5. The van der Waals surface area contributed by atoms with Crippen LogP contribution >= 0.6 is 0 Å². The van der Waals surface area contributed by atoms with Crippen molar-refractivity contribution >= 4 is 5.97 Å². The lowest BCUT2D eigenvalue weighted by molar-refractivity contribution is -0.168. The number of hydrogen-bond acceptors (Lipinski definition) is 6. The first-order valence-electron chi connectivity index (χ1n) is 6.59. The molecule has 0 amide bonds. The van der Waals surface area contributed by atoms with Crippen molar-refractivity contribution < 1.29 is 14.3 Å². The Morgan fingerprint density at radius 3 is 3.00 bits per heavy atom. The SMILES string of the molecule is COC1NCC(=O)OC1c1ccnc(-c2ccn(C)n2)c1. The molecule has 1 N–H and O–H groups in total. The number of carbonyl (C=O) groups excluding carboxylic acids is 1. The normalized spacial score (nSPS) is 22.1. The Morgan fingerprint density at radius 2 is 2.29 bits per heavy atom. The molecule has 2 aromatic heterocycles. The van der Waals surface area contributed by atoms with Crippen LogP contribution in [-0.2, 0) is 21.3 Å². The fourth-order valence-electron chi connectivity index (χ4n) is 2.30. The average Bonchev–Trinajstić information content (AvgIpc) is 2.94. The van der Waals surface area contributed by atoms with Gasteiger partial charge >= 0.3 is 5.97 Å². The number of morpholine rings is 1. The van der Waals surface area contributed by atoms with E-state index in [9.17, 15) is 4.79 Å². The van der Waals surface area contributed by atoms with E-state index in [2.05, 4.69) is 15.4 Å². The number of esters is 1. The summed E-state index contributed by atoms with van der Waals surface area (Å²) < 4.78 is 12.4. The number of ether oxygens (including phenoxy) is 2. The molecular weight excluding hydrogens is 272 g/mol. The number of methoxy groups -OCH3 is 1. The Balaban J connectivity index is 1.93. The molecule has 0 aliphatic carbocycles. The Hall–Kier alpha value is -2.25. The second-order valence-electron chi connectivity index (χ2n) is 4.80. The second-order valence-corrected chi connectivity index (χ2v) is 4.80. The van der Waals surface area contributed by atoms with E-state index in [1.165, 1.54) is 0 Å². The van der Waals surface area contributed by atoms with E-state index in [0.717, 1.165) is 17.0 Å². The molecule has 7 heteroatoms. The van der Waals surface area contributed by atoms with Crippen molar-refractivity contribution in [1.82, 2.24) is 20.1 Å². The molecule has 3 rings (SSSR count). The van der Waals surface area contributed by atoms with E-state index < -0.39 is 6.10 Å². The summed E-state index contributed by atoms with van der Waals surface area (Å²) in [7, 11) is 3.42. The maximum atomic E-state index is 11.5. The van der Waals surface area contributed by atoms with E-state index in [4.69, 9.17) is 9.47 Å². The zero-order chi connectivity index (χ0) is 14.8. The number of nitrogens with one attached hydrogen (secondary N) is 1. The zero-order valence-corrected chi connectivity index (χ0v) is 11.8. The lowest BCUT2D eigenvalue weighted by atomic mass is 10.1. The molecule has 0 spiro atoms. The summed E-state index contributed by atoms with van der Waals surface area (Å²) in [4.78, 5) is 15.8. The van der Waals surface area contributed by atoms with Crippen molar-refractivity contribution in [3.63, 3.8) is 0 Å². The molecule has 2 atom stereocenters. The van der Waals surface area contributed by atoms with Crippen LogP contribution < -0.4 is 5.32 Å². The first-order chi connectivity index (χ1) is 10.2. The third-order valence-electron chi connectivity index (χ3n) is 3.32. The van der Waals surface area contributed by atoms with E-state index in [-0.39, 0.29) is 18.7 Å². The van der Waals surface area contributed by atoms with E-state index in [1.54, 1.807) is 18.0 Å². The molecule has 2 unspecified atom stereocenters. The Bertz CT molecular complexity index is 655. The average molecular weight is 288 g/mol. The minimum atomic E-state index is -0.498. The van der Waals surface area contributed by atoms with E-state index in [1.807, 2.05) is 31.4 Å². The van der Waals surface area contributed by atoms with Gasteiger partial charge in [0.25, 0.3) is 0 Å². The number of aromatic nitrogens is 3. The molecule has 0 saturated carbocycles. The Morgan fingerprint density at radius 1 is 1.43 bits per heavy atom. The molecule has 1 aliphatic rings. The summed E-state index contributed by atoms with van der Waals surface area (Å²) in [5, 5.41) is 7.31. The summed E-state index contributed by atoms with van der Waals surface area (Å²) in [6.45, 7) is 0.146. The van der Waals surface area contributed by atoms with Crippen molar-refractivity contribution in [3.05, 3.63) is 36.2 Å². The number of carbonyl (C=O) groups is 1. The largest absolute Gasteiger partial charge is 0.452 e. The Labute approximate surface area is 121 Å². The number of pyridine rings is 1. The monoisotopic (exact) mass is 288 g/mol. The van der Waals surface area contributed by atoms with Gasteiger partial charge in [-0.1, -0.05) is 0 Å². The Kier molecular flexibility index (Phi) is 3.68. The second kappa shape index (κ2) is 5.63. The van der Waals surface area contributed by atoms with Gasteiger partial charge in [0.15, 0.2) is 6.10 Å². The molecule has 1 fully saturated rings. The summed E-state index contributed by atoms with van der Waals surface area (Å²) in [6.07, 6.45) is 2.65. The van der Waals surface area contributed by atoms with Crippen molar-refractivity contribution in [3.8, 4) is 11.4 Å². The van der Waals surface area contributed by atoms with Gasteiger partial charge in [-0.2, -0.15) is 5.10 Å². The van der Waals surface area contributed by atoms with Crippen LogP contribution in [0.1, 0.15) is 11.7 Å². The standard InChI is InChI=1S/C14H16N4O3/c1-18-6-4-10(17-18)11-7-9(3-5-15-11)13-14(20-2)16-8-12(19)21-13/h3-7,13-14,16H,8H2,1-2H3. The fourth-order valence-corrected chi connectivity index (χ4v) is 2.30. The molecule has 0 radical (unpaired) electrons. The van der Waals surface area contributed by atoms with Gasteiger partial charge in [0.2, 0.25) is 0 Å². The zero-order valence-electron chi connectivity index (χ0n) is 11.8. The highest BCUT2D eigenvalue weighted by Crippen LogP contribution is 2.27. The molecule has 2 aromatic rings. The topological polar surface area (TPSA) is 78.3 Å². The minimum Gasteiger partial charge on any atom is -0.452 e. The molecule has 3 heterocycles. The molecule has 7 nitrogen and oxygen atoms in total. The molecule has 0 aromatic carbocycles. The fraction of sp³-hybridized carbons (Fsp3) is 0.357. The summed E-state index contributed by atoms with van der Waals surface area (Å²) >= 11 is 0. The maximum Gasteiger partial charge on any atom is 0.320 e. The lowest BCUT2D eigenvalue weighted by Gasteiger charge is -2.31. The number of aryl methyl sites for hydroxylation is 1. The summed E-state index contributed by atoms with van der Waals surface area (Å²) in [5.41, 5.74) is 2.31. The predicted molar refractivity (Wildman–Crippen MR) is 74.1 cm³/mol. The number of cyclic esters (lactones) is 1. The molecule has 21 heavy (non-hydrogen) atoms. The number of rotatable bonds is 3. The van der Waals surface area contributed by atoms with Crippen LogP contribution in [0.25, 0.3) is 11.4 Å². The van der Waals surface area contributed by atoms with E-state index >= 15 is 0 Å². The first kappa shape index (κ1) is 13.7. The van der Waals surface area contributed by atoms with E-state index in [0.29, 0.717) is 0 Å². The van der Waals surface area contributed by atoms with Gasteiger partial charge in [-0.05, 0) is 18.2 Å². The van der Waals surface area contributed by atoms with Crippen molar-refractivity contribution in [2.45, 2.75) is 12.3 Å². The summed E-state index contributed by atoms with van der Waals surface area (Å²) in [6, 6.07) is 5.55. The van der Waals surface area contributed by atoms with Crippen LogP contribution in [0.2, 0.25) is 0 Å². The molecule has 1 saturated heterocycles. The third kappa shape index (κ3) is 2.79. The molecule has 110 valence electrons. The van der Waals surface area contributed by atoms with Gasteiger partial charge in [0.05, 0.1) is 12.2 Å². The van der Waals surface area contributed by atoms with Crippen LogP contribution in [0.5, 0.6) is 0 Å². The minimum absolute atomic E-state index is 0.146. The smallest absolute Gasteiger partial charge is 0.320 e. The highest BCUT2D eigenvalue weighted by atomic mass is 16.6. The number of hydrogen-bond donors (Lipinski definition) is 1. The van der Waals surface area contributed by atoms with Crippen molar-refractivity contribution in [1.29, 1.82) is 0 Å². The van der Waals surface area contributed by atoms with Crippen LogP contribution in [-0.4, -0.2) is 40.6 Å². The van der Waals surface area contributed by atoms with Gasteiger partial charge in [-0.3, -0.25) is 19.8 Å². The molecule has 1 aliphatic heterocycles. The third-order valence-corrected chi connectivity index (χ3v) is 3.32. The highest BCUT2D eigenvalue weighted by Gasteiger charge is 2.32. The molecule has 0 bridgehead atoms. The van der Waals surface area contributed by atoms with Crippen LogP contribution in [0, 0.1) is 0 Å². The number of nitrogens with zero attached hydrogens (tertiary/aromatic N) is 3. The quantitative estimate of drug-likeness (QED) is 0.835. The highest BCUT2D eigenvalue weighted by molar-refractivity contribution is 5.73. The van der Waals surface area contributed by atoms with Gasteiger partial charge in [0.1, 0.15) is 11.9 Å². The van der Waals surface area contributed by atoms with Gasteiger partial charge < -0.3 is 9.47 Å². The molecular formula is C14H16N4O3. The first-order valence-corrected chi connectivity index (χ1v) is 6.59. The van der Waals surface area contributed by atoms with Crippen LogP contribution in [0.15, 0.2) is 30.6 Å².